The summed E-state index contributed by atoms with van der Waals surface area (Å²) < 4.78 is 40.1. The first-order valence-corrected chi connectivity index (χ1v) is 10.2. The molecule has 0 radical (unpaired) electrons. The first-order valence-electron chi connectivity index (χ1n) is 10.2. The van der Waals surface area contributed by atoms with Gasteiger partial charge in [-0.05, 0) is 41.9 Å². The normalized spacial score (nSPS) is 13.5. The van der Waals surface area contributed by atoms with Crippen LogP contribution in [-0.2, 0) is 13.2 Å². The molecule has 2 aromatic heterocycles. The van der Waals surface area contributed by atoms with Crippen molar-refractivity contribution in [1.29, 1.82) is 0 Å². The number of alkyl halides is 3. The maximum atomic E-state index is 12.8. The first-order chi connectivity index (χ1) is 13.5. The third-order valence-corrected chi connectivity index (χ3v) is 4.65. The second-order valence-corrected chi connectivity index (χ2v) is 7.69. The van der Waals surface area contributed by atoms with Crippen LogP contribution < -0.4 is 5.56 Å². The van der Waals surface area contributed by atoms with Crippen molar-refractivity contribution in [2.75, 3.05) is 0 Å². The summed E-state index contributed by atoms with van der Waals surface area (Å²) in [5.41, 5.74) is 1.59. The maximum Gasteiger partial charge on any atom is 0.418 e. The molecule has 0 bridgehead atoms. The van der Waals surface area contributed by atoms with E-state index in [1.165, 1.54) is 11.6 Å². The molecule has 2 aromatic rings. The molecule has 0 unspecified atom stereocenters. The Bertz CT molecular complexity index is 835. The van der Waals surface area contributed by atoms with Crippen LogP contribution in [0.3, 0.4) is 0 Å². The number of rotatable bonds is 3. The summed E-state index contributed by atoms with van der Waals surface area (Å²) in [5.74, 6) is 0.585. The third-order valence-electron chi connectivity index (χ3n) is 4.65. The second-order valence-electron chi connectivity index (χ2n) is 7.69. The highest BCUT2D eigenvalue weighted by Crippen LogP contribution is 2.45. The van der Waals surface area contributed by atoms with E-state index in [1.54, 1.807) is 23.9 Å². The Morgan fingerprint density at radius 2 is 1.59 bits per heavy atom. The molecule has 3 nitrogen and oxygen atoms in total. The van der Waals surface area contributed by atoms with Crippen molar-refractivity contribution in [2.45, 2.75) is 78.3 Å². The lowest BCUT2D eigenvalue weighted by Crippen LogP contribution is -2.15. The van der Waals surface area contributed by atoms with E-state index in [-0.39, 0.29) is 23.1 Å². The van der Waals surface area contributed by atoms with Crippen molar-refractivity contribution >= 4 is 0 Å². The summed E-state index contributed by atoms with van der Waals surface area (Å²) in [6.07, 6.45) is 0.838. The molecule has 0 spiro atoms. The van der Waals surface area contributed by atoms with Crippen molar-refractivity contribution in [3.63, 3.8) is 0 Å². The van der Waals surface area contributed by atoms with Gasteiger partial charge in [-0.25, -0.2) is 0 Å². The Morgan fingerprint density at radius 1 is 1.03 bits per heavy atom. The van der Waals surface area contributed by atoms with Gasteiger partial charge in [0.1, 0.15) is 0 Å². The fraction of sp³-hybridized carbons (Fsp3) is 0.565. The van der Waals surface area contributed by atoms with Gasteiger partial charge in [0.2, 0.25) is 5.56 Å². The molecule has 2 heterocycles. The molecule has 0 amide bonds. The summed E-state index contributed by atoms with van der Waals surface area (Å²) in [6.45, 7) is 12.0. The highest BCUT2D eigenvalue weighted by molar-refractivity contribution is 5.33. The summed E-state index contributed by atoms with van der Waals surface area (Å²) >= 11 is 0. The Balaban J connectivity index is 0.000000284. The van der Waals surface area contributed by atoms with Crippen LogP contribution in [0, 0.1) is 0 Å². The van der Waals surface area contributed by atoms with Gasteiger partial charge in [-0.15, -0.1) is 0 Å². The zero-order valence-electron chi connectivity index (χ0n) is 18.5. The average molecular weight is 411 g/mol. The van der Waals surface area contributed by atoms with Gasteiger partial charge in [0.15, 0.2) is 0 Å². The summed E-state index contributed by atoms with van der Waals surface area (Å²) in [4.78, 5) is 15.0. The predicted octanol–water partition coefficient (Wildman–Crippen LogP) is 6.64. The van der Waals surface area contributed by atoms with Crippen LogP contribution in [0.1, 0.15) is 94.5 Å². The Kier molecular flexibility index (Phi) is 9.12. The van der Waals surface area contributed by atoms with E-state index in [1.807, 2.05) is 40.0 Å². The second kappa shape index (κ2) is 10.6. The minimum Gasteiger partial charge on any atom is -0.318 e. The van der Waals surface area contributed by atoms with E-state index in [2.05, 4.69) is 18.8 Å². The zero-order valence-corrected chi connectivity index (χ0v) is 18.5. The van der Waals surface area contributed by atoms with Crippen LogP contribution in [0.4, 0.5) is 13.2 Å². The monoisotopic (exact) mass is 410 g/mol. The quantitative estimate of drug-likeness (QED) is 0.569. The van der Waals surface area contributed by atoms with Crippen molar-refractivity contribution in [2.24, 2.45) is 7.05 Å². The Hall–Kier alpha value is -2.11. The fourth-order valence-corrected chi connectivity index (χ4v) is 2.67. The molecule has 6 heteroatoms. The third kappa shape index (κ3) is 7.33. The van der Waals surface area contributed by atoms with Gasteiger partial charge >= 0.3 is 6.18 Å². The first kappa shape index (κ1) is 24.9. The molecule has 0 aliphatic heterocycles. The molecule has 1 fully saturated rings. The van der Waals surface area contributed by atoms with E-state index in [0.717, 1.165) is 12.8 Å². The van der Waals surface area contributed by atoms with E-state index < -0.39 is 11.7 Å². The number of nitrogens with zero attached hydrogens (tertiary/aromatic N) is 2. The molecule has 0 aromatic carbocycles. The number of aryl methyl sites for hydroxylation is 1. The molecule has 1 aliphatic carbocycles. The molecule has 1 aliphatic rings. The van der Waals surface area contributed by atoms with Crippen molar-refractivity contribution in [3.8, 4) is 0 Å². The lowest BCUT2D eigenvalue weighted by atomic mass is 10.0. The SMILES string of the molecule is CC.CC(C)c1ccc(=O)n(C)c1.CC(C)c1cnc(C2CC2)c(C(F)(F)F)c1. The van der Waals surface area contributed by atoms with Crippen LogP contribution in [0.25, 0.3) is 0 Å². The fourth-order valence-electron chi connectivity index (χ4n) is 2.67. The van der Waals surface area contributed by atoms with Gasteiger partial charge in [-0.2, -0.15) is 13.2 Å². The van der Waals surface area contributed by atoms with Crippen LogP contribution in [0.15, 0.2) is 35.4 Å². The molecule has 0 atom stereocenters. The minimum absolute atomic E-state index is 0.0258. The van der Waals surface area contributed by atoms with Gasteiger partial charge in [0, 0.05) is 31.4 Å². The molecule has 162 valence electrons. The molecule has 3 rings (SSSR count). The van der Waals surface area contributed by atoms with Crippen molar-refractivity contribution in [3.05, 3.63) is 63.3 Å². The Morgan fingerprint density at radius 3 is 2.00 bits per heavy atom. The highest BCUT2D eigenvalue weighted by Gasteiger charge is 2.39. The maximum absolute atomic E-state index is 12.8. The summed E-state index contributed by atoms with van der Waals surface area (Å²) in [5, 5.41) is 0. The minimum atomic E-state index is -4.28. The predicted molar refractivity (Wildman–Crippen MR) is 112 cm³/mol. The van der Waals surface area contributed by atoms with Crippen LogP contribution in [0.5, 0.6) is 0 Å². The van der Waals surface area contributed by atoms with E-state index in [0.29, 0.717) is 11.5 Å². The number of hydrogen-bond donors (Lipinski definition) is 0. The highest BCUT2D eigenvalue weighted by atomic mass is 19.4. The van der Waals surface area contributed by atoms with Crippen molar-refractivity contribution in [1.82, 2.24) is 9.55 Å². The lowest BCUT2D eigenvalue weighted by molar-refractivity contribution is -0.138. The average Bonchev–Trinajstić information content (AvgIpc) is 3.50. The van der Waals surface area contributed by atoms with Gasteiger partial charge < -0.3 is 4.57 Å². The molecular formula is C23H33F3N2O. The van der Waals surface area contributed by atoms with Gasteiger partial charge in [-0.3, -0.25) is 9.78 Å². The largest absolute Gasteiger partial charge is 0.418 e. The van der Waals surface area contributed by atoms with Crippen LogP contribution >= 0.6 is 0 Å². The topological polar surface area (TPSA) is 34.9 Å². The van der Waals surface area contributed by atoms with E-state index >= 15 is 0 Å². The lowest BCUT2D eigenvalue weighted by Gasteiger charge is -2.14. The molecular weight excluding hydrogens is 377 g/mol. The number of hydrogen-bond acceptors (Lipinski definition) is 2. The number of halogens is 3. The van der Waals surface area contributed by atoms with Gasteiger partial charge in [0.25, 0.3) is 0 Å². The zero-order chi connectivity index (χ0) is 22.4. The summed E-state index contributed by atoms with van der Waals surface area (Å²) in [6, 6.07) is 4.74. The molecule has 0 N–H and O–H groups in total. The number of aromatic nitrogens is 2. The molecule has 1 saturated carbocycles. The van der Waals surface area contributed by atoms with Crippen LogP contribution in [0.2, 0.25) is 0 Å². The van der Waals surface area contributed by atoms with Gasteiger partial charge in [0.05, 0.1) is 11.3 Å². The van der Waals surface area contributed by atoms with E-state index in [4.69, 9.17) is 0 Å². The molecule has 0 saturated heterocycles. The molecule has 29 heavy (non-hydrogen) atoms. The summed E-state index contributed by atoms with van der Waals surface area (Å²) in [7, 11) is 1.77. The number of pyridine rings is 2. The Labute approximate surface area is 172 Å². The van der Waals surface area contributed by atoms with E-state index in [9.17, 15) is 18.0 Å². The van der Waals surface area contributed by atoms with Crippen LogP contribution in [-0.4, -0.2) is 9.55 Å². The van der Waals surface area contributed by atoms with Crippen molar-refractivity contribution < 1.29 is 13.2 Å². The smallest absolute Gasteiger partial charge is 0.318 e. The standard InChI is InChI=1S/C12H14F3N.C9H13NO.C2H6/c1-7(2)9-5-10(12(13,14)15)11(16-6-9)8-3-4-8;1-7(2)8-4-5-9(11)10(3)6-8;1-2/h5-8H,3-4H2,1-2H3;4-7H,1-3H3;1-2H3. The van der Waals surface area contributed by atoms with Gasteiger partial charge in [-0.1, -0.05) is 47.6 Å².